The Morgan fingerprint density at radius 2 is 0.821 bits per heavy atom. The topological polar surface area (TPSA) is 0 Å². The van der Waals surface area contributed by atoms with Crippen LogP contribution >= 0.6 is 11.3 Å². The lowest BCUT2D eigenvalue weighted by Crippen LogP contribution is -1.92. The molecule has 1 heterocycles. The largest absolute Gasteiger partial charge is 0.240 e. The Balaban J connectivity index is 1.96. The van der Waals surface area contributed by atoms with Crippen LogP contribution in [-0.4, -0.2) is 0 Å². The Kier molecular flexibility index (Phi) is 2.17. The maximum absolute atomic E-state index is 2.32. The fourth-order valence-corrected chi connectivity index (χ4v) is 6.72. The summed E-state index contributed by atoms with van der Waals surface area (Å²) >= 11 is 1.93. The highest BCUT2D eigenvalue weighted by Gasteiger charge is 2.26. The van der Waals surface area contributed by atoms with Gasteiger partial charge in [0.05, 0.1) is 10.8 Å². The molecule has 0 atom stereocenters. The van der Waals surface area contributed by atoms with Crippen molar-refractivity contribution >= 4 is 85.4 Å². The molecule has 0 aliphatic carbocycles. The van der Waals surface area contributed by atoms with Crippen molar-refractivity contribution in [3.63, 3.8) is 0 Å². The van der Waals surface area contributed by atoms with Crippen molar-refractivity contribution in [3.05, 3.63) is 78.9 Å². The second-order valence-electron chi connectivity index (χ2n) is 7.89. The first-order valence-electron chi connectivity index (χ1n) is 9.71. The molecule has 0 aliphatic rings. The van der Waals surface area contributed by atoms with Gasteiger partial charge in [0, 0.05) is 28.3 Å². The molecule has 28 heavy (non-hydrogen) atoms. The van der Waals surface area contributed by atoms with Crippen LogP contribution in [0.25, 0.3) is 74.0 Å². The molecule has 126 valence electrons. The second kappa shape index (κ2) is 4.40. The van der Waals surface area contributed by atoms with E-state index in [0.717, 1.165) is 0 Å². The van der Waals surface area contributed by atoms with E-state index in [1.807, 2.05) is 11.3 Å². The van der Waals surface area contributed by atoms with Crippen LogP contribution in [0.1, 0.15) is 0 Å². The summed E-state index contributed by atoms with van der Waals surface area (Å²) in [5.74, 6) is 0. The summed E-state index contributed by atoms with van der Waals surface area (Å²) in [5, 5.41) is 16.9. The van der Waals surface area contributed by atoms with Crippen LogP contribution in [0, 0.1) is 0 Å². The average Bonchev–Trinajstić information content (AvgIpc) is 2.76. The molecular weight excluding hydrogens is 356 g/mol. The van der Waals surface area contributed by atoms with E-state index < -0.39 is 0 Å². The number of hydrogen-bond donors (Lipinski definition) is 0. The number of hydrogen-bond acceptors (Lipinski definition) is 0. The molecule has 7 aromatic carbocycles. The van der Waals surface area contributed by atoms with Crippen molar-refractivity contribution in [2.24, 2.45) is 0 Å². The Bertz CT molecular complexity index is 1730. The highest BCUT2D eigenvalue weighted by molar-refractivity contribution is 7.25. The molecule has 0 radical (unpaired) electrons. The van der Waals surface area contributed by atoms with Crippen LogP contribution in [0.3, 0.4) is 0 Å². The summed E-state index contributed by atoms with van der Waals surface area (Å²) in [4.78, 5) is 0. The normalized spacial score (nSPS) is 13.0. The Morgan fingerprint density at radius 1 is 0.357 bits per heavy atom. The molecular formula is C27H13S+. The van der Waals surface area contributed by atoms with Crippen LogP contribution < -0.4 is 0 Å². The Hall–Kier alpha value is -3.29. The first-order chi connectivity index (χ1) is 13.9. The predicted molar refractivity (Wildman–Crippen MR) is 125 cm³/mol. The molecule has 1 aromatic heterocycles. The first kappa shape index (κ1) is 13.8. The predicted octanol–water partition coefficient (Wildman–Crippen LogP) is 8.41. The van der Waals surface area contributed by atoms with E-state index in [9.17, 15) is 0 Å². The molecule has 0 spiro atoms. The molecule has 0 amide bonds. The molecule has 8 aromatic rings. The molecule has 8 rings (SSSR count). The molecule has 1 heteroatoms. The third-order valence-corrected chi connectivity index (χ3v) is 7.75. The van der Waals surface area contributed by atoms with E-state index in [2.05, 4.69) is 78.9 Å². The maximum Gasteiger partial charge on any atom is 0.240 e. The van der Waals surface area contributed by atoms with Gasteiger partial charge >= 0.3 is 0 Å². The summed E-state index contributed by atoms with van der Waals surface area (Å²) in [6.07, 6.45) is 0. The van der Waals surface area contributed by atoms with Gasteiger partial charge in [-0.15, -0.1) is 0 Å². The Labute approximate surface area is 164 Å². The van der Waals surface area contributed by atoms with Gasteiger partial charge in [-0.25, -0.2) is 0 Å². The van der Waals surface area contributed by atoms with Gasteiger partial charge in [-0.2, -0.15) is 0 Å². The molecule has 0 nitrogen and oxygen atoms in total. The van der Waals surface area contributed by atoms with Gasteiger partial charge in [-0.05, 0) is 49.8 Å². The SMILES string of the molecule is c1cc2ccc3[s+]c4ccc5cccc6c7cccc8c(c1)c2c3c(c87)c4c56. The van der Waals surface area contributed by atoms with Gasteiger partial charge in [-0.1, -0.05) is 54.6 Å². The molecule has 0 saturated heterocycles. The fraction of sp³-hybridized carbons (Fsp3) is 0. The maximum atomic E-state index is 2.32. The first-order valence-corrected chi connectivity index (χ1v) is 10.5. The second-order valence-corrected chi connectivity index (χ2v) is 8.97. The van der Waals surface area contributed by atoms with E-state index in [1.165, 1.54) is 74.0 Å². The third kappa shape index (κ3) is 1.36. The van der Waals surface area contributed by atoms with E-state index in [-0.39, 0.29) is 0 Å². The van der Waals surface area contributed by atoms with Crippen LogP contribution in [0.15, 0.2) is 78.9 Å². The molecule has 0 aliphatic heterocycles. The van der Waals surface area contributed by atoms with Crippen LogP contribution in [0.5, 0.6) is 0 Å². The summed E-state index contributed by atoms with van der Waals surface area (Å²) in [6, 6.07) is 29.6. The zero-order chi connectivity index (χ0) is 18.0. The molecule has 0 saturated carbocycles. The van der Waals surface area contributed by atoms with Crippen molar-refractivity contribution in [2.45, 2.75) is 0 Å². The van der Waals surface area contributed by atoms with Crippen molar-refractivity contribution < 1.29 is 0 Å². The average molecular weight is 369 g/mol. The lowest BCUT2D eigenvalue weighted by molar-refractivity contribution is 1.82. The van der Waals surface area contributed by atoms with Crippen molar-refractivity contribution in [1.29, 1.82) is 0 Å². The van der Waals surface area contributed by atoms with Crippen molar-refractivity contribution in [1.82, 2.24) is 0 Å². The van der Waals surface area contributed by atoms with E-state index in [1.54, 1.807) is 0 Å². The van der Waals surface area contributed by atoms with Gasteiger partial charge in [0.2, 0.25) is 20.7 Å². The van der Waals surface area contributed by atoms with E-state index in [0.29, 0.717) is 0 Å². The van der Waals surface area contributed by atoms with Crippen LogP contribution in [0.4, 0.5) is 0 Å². The summed E-state index contributed by atoms with van der Waals surface area (Å²) < 4.78 is 2.78. The standard InChI is InChI=1S/C27H13S/c1-4-14-10-12-20-25-22(14)16(6-1)18-8-3-9-19-17-7-2-5-15-11-13-21(28-20)26(23(15)17)27(25)24(18)19/h1-13H/q+1. The van der Waals surface area contributed by atoms with Gasteiger partial charge < -0.3 is 0 Å². The van der Waals surface area contributed by atoms with Crippen molar-refractivity contribution in [3.8, 4) is 0 Å². The summed E-state index contributed by atoms with van der Waals surface area (Å²) in [6.45, 7) is 0. The van der Waals surface area contributed by atoms with Gasteiger partial charge in [-0.3, -0.25) is 0 Å². The zero-order valence-corrected chi connectivity index (χ0v) is 15.7. The lowest BCUT2D eigenvalue weighted by Gasteiger charge is -2.18. The lowest BCUT2D eigenvalue weighted by atomic mass is 9.84. The minimum Gasteiger partial charge on any atom is -0.0610 e. The third-order valence-electron chi connectivity index (χ3n) is 6.63. The molecule has 0 bridgehead atoms. The zero-order valence-electron chi connectivity index (χ0n) is 14.9. The number of benzene rings is 7. The van der Waals surface area contributed by atoms with Crippen LogP contribution in [0.2, 0.25) is 0 Å². The van der Waals surface area contributed by atoms with Gasteiger partial charge in [0.1, 0.15) is 0 Å². The summed E-state index contributed by atoms with van der Waals surface area (Å²) in [7, 11) is 0. The van der Waals surface area contributed by atoms with E-state index in [4.69, 9.17) is 0 Å². The van der Waals surface area contributed by atoms with Crippen LogP contribution in [-0.2, 0) is 0 Å². The monoisotopic (exact) mass is 369 g/mol. The quantitative estimate of drug-likeness (QED) is 0.143. The molecule has 0 fully saturated rings. The van der Waals surface area contributed by atoms with Gasteiger partial charge in [0.15, 0.2) is 0 Å². The number of fused-ring (bicyclic) bond motifs is 2. The molecule has 0 unspecified atom stereocenters. The molecule has 0 N–H and O–H groups in total. The highest BCUT2D eigenvalue weighted by atomic mass is 32.1. The van der Waals surface area contributed by atoms with Crippen molar-refractivity contribution in [2.75, 3.05) is 0 Å². The minimum atomic E-state index is 1.34. The van der Waals surface area contributed by atoms with Gasteiger partial charge in [0.25, 0.3) is 0 Å². The Morgan fingerprint density at radius 3 is 1.36 bits per heavy atom. The van der Waals surface area contributed by atoms with E-state index >= 15 is 0 Å². The summed E-state index contributed by atoms with van der Waals surface area (Å²) in [5.41, 5.74) is 0. The minimum absolute atomic E-state index is 1.34. The highest BCUT2D eigenvalue weighted by Crippen LogP contribution is 2.51. The number of rotatable bonds is 0. The smallest absolute Gasteiger partial charge is 0.0610 e. The fourth-order valence-electron chi connectivity index (χ4n) is 5.60.